The summed E-state index contributed by atoms with van der Waals surface area (Å²) in [5, 5.41) is 10.0. The van der Waals surface area contributed by atoms with Crippen molar-refractivity contribution in [3.05, 3.63) is 149 Å². The second-order valence-corrected chi connectivity index (χ2v) is 11.5. The molecule has 0 spiro atoms. The lowest BCUT2D eigenvalue weighted by molar-refractivity contribution is 0.830. The molecule has 2 heteroatoms. The number of nitrogens with two attached hydrogens (primary N) is 2. The van der Waals surface area contributed by atoms with Crippen molar-refractivity contribution in [2.75, 3.05) is 11.5 Å². The molecule has 4 N–H and O–H groups in total. The Morgan fingerprint density at radius 1 is 0.500 bits per heavy atom. The number of hydrogen-bond donors (Lipinski definition) is 2. The molecule has 1 aliphatic rings. The summed E-state index contributed by atoms with van der Waals surface area (Å²) in [6.45, 7) is 0. The highest BCUT2D eigenvalue weighted by Crippen LogP contribution is 2.40. The van der Waals surface area contributed by atoms with E-state index in [0.29, 0.717) is 0 Å². The van der Waals surface area contributed by atoms with Crippen LogP contribution in [0.15, 0.2) is 121 Å². The van der Waals surface area contributed by atoms with Crippen molar-refractivity contribution in [2.24, 2.45) is 5.92 Å². The molecule has 0 radical (unpaired) electrons. The molecule has 0 amide bonds. The third-order valence-corrected chi connectivity index (χ3v) is 8.62. The van der Waals surface area contributed by atoms with Gasteiger partial charge in [0.05, 0.1) is 0 Å². The fourth-order valence-corrected chi connectivity index (χ4v) is 6.38. The fourth-order valence-electron chi connectivity index (χ4n) is 6.38. The first kappa shape index (κ1) is 25.7. The summed E-state index contributed by atoms with van der Waals surface area (Å²) in [5.74, 6) is 13.7. The van der Waals surface area contributed by atoms with Gasteiger partial charge in [0.2, 0.25) is 0 Å². The normalized spacial score (nSPS) is 13.8. The lowest BCUT2D eigenvalue weighted by Gasteiger charge is -2.20. The van der Waals surface area contributed by atoms with Gasteiger partial charge in [-0.3, -0.25) is 0 Å². The van der Waals surface area contributed by atoms with Crippen LogP contribution in [0.3, 0.4) is 0 Å². The van der Waals surface area contributed by atoms with Gasteiger partial charge >= 0.3 is 0 Å². The van der Waals surface area contributed by atoms with Gasteiger partial charge in [0.15, 0.2) is 0 Å². The van der Waals surface area contributed by atoms with Gasteiger partial charge in [-0.05, 0) is 121 Å². The Morgan fingerprint density at radius 3 is 1.73 bits per heavy atom. The number of allylic oxidation sites excluding steroid dienone is 1. The summed E-state index contributed by atoms with van der Waals surface area (Å²) in [6.07, 6.45) is 5.35. The van der Waals surface area contributed by atoms with Crippen LogP contribution in [0, 0.1) is 29.6 Å². The molecule has 0 saturated carbocycles. The van der Waals surface area contributed by atoms with Crippen LogP contribution in [0.1, 0.15) is 27.8 Å². The molecule has 1 aliphatic carbocycles. The summed E-state index contributed by atoms with van der Waals surface area (Å²) in [6, 6.07) is 40.0. The molecule has 7 aromatic carbocycles. The van der Waals surface area contributed by atoms with Crippen molar-refractivity contribution in [1.82, 2.24) is 0 Å². The van der Waals surface area contributed by atoms with Crippen LogP contribution in [0.25, 0.3) is 49.2 Å². The Labute approximate surface area is 256 Å². The molecule has 7 aromatic rings. The van der Waals surface area contributed by atoms with Crippen LogP contribution < -0.4 is 11.5 Å². The predicted octanol–water partition coefficient (Wildman–Crippen LogP) is 9.10. The Hall–Kier alpha value is -5.96. The topological polar surface area (TPSA) is 52.0 Å². The van der Waals surface area contributed by atoms with Gasteiger partial charge in [-0.1, -0.05) is 90.4 Å². The SMILES string of the molecule is Nc1ccc(C#Cc2ccc3ccc4ccc5ccc6ccc7c(c6c5c4c3c2)CC(C#Cc2ccc(N)cc2)C=C7)cc1. The van der Waals surface area contributed by atoms with Gasteiger partial charge < -0.3 is 11.5 Å². The van der Waals surface area contributed by atoms with Crippen molar-refractivity contribution < 1.29 is 0 Å². The van der Waals surface area contributed by atoms with E-state index >= 15 is 0 Å². The third kappa shape index (κ3) is 4.60. The maximum absolute atomic E-state index is 5.87. The van der Waals surface area contributed by atoms with Crippen molar-refractivity contribution in [3.63, 3.8) is 0 Å². The number of benzene rings is 7. The van der Waals surface area contributed by atoms with Gasteiger partial charge in [-0.2, -0.15) is 0 Å². The third-order valence-electron chi connectivity index (χ3n) is 8.62. The first-order valence-electron chi connectivity index (χ1n) is 14.9. The minimum absolute atomic E-state index is 0.128. The number of nitrogen functional groups attached to an aromatic ring is 2. The molecule has 2 nitrogen and oxygen atoms in total. The molecule has 1 atom stereocenters. The Balaban J connectivity index is 1.33. The van der Waals surface area contributed by atoms with E-state index in [9.17, 15) is 0 Å². The molecular formula is C42H28N2. The summed E-state index contributed by atoms with van der Waals surface area (Å²) >= 11 is 0. The Bertz CT molecular complexity index is 2410. The number of anilines is 2. The molecule has 44 heavy (non-hydrogen) atoms. The van der Waals surface area contributed by atoms with Crippen molar-refractivity contribution in [1.29, 1.82) is 0 Å². The van der Waals surface area contributed by atoms with E-state index < -0.39 is 0 Å². The van der Waals surface area contributed by atoms with Gasteiger partial charge in [-0.25, -0.2) is 0 Å². The lowest BCUT2D eigenvalue weighted by atomic mass is 9.83. The second-order valence-electron chi connectivity index (χ2n) is 11.5. The average molecular weight is 561 g/mol. The van der Waals surface area contributed by atoms with E-state index in [1.165, 1.54) is 54.2 Å². The predicted molar refractivity (Wildman–Crippen MR) is 187 cm³/mol. The van der Waals surface area contributed by atoms with E-state index in [2.05, 4.69) is 103 Å². The highest BCUT2D eigenvalue weighted by atomic mass is 14.5. The molecule has 0 fully saturated rings. The zero-order chi connectivity index (χ0) is 29.6. The minimum Gasteiger partial charge on any atom is -0.399 e. The number of rotatable bonds is 0. The van der Waals surface area contributed by atoms with Gasteiger partial charge in [0.1, 0.15) is 0 Å². The van der Waals surface area contributed by atoms with Crippen LogP contribution in [-0.2, 0) is 6.42 Å². The lowest BCUT2D eigenvalue weighted by Crippen LogP contribution is -2.06. The van der Waals surface area contributed by atoms with E-state index in [4.69, 9.17) is 11.5 Å². The fraction of sp³-hybridized carbons (Fsp3) is 0.0476. The minimum atomic E-state index is 0.128. The van der Waals surface area contributed by atoms with Crippen LogP contribution in [0.5, 0.6) is 0 Å². The standard InChI is InChI=1S/C42H28N2/c43-36-21-7-27(8-22-36)1-3-29-5-11-31-13-15-33-17-19-35-20-18-34-16-14-32-12-6-30(4-2-28-9-23-37(44)24-10-28)26-39(32)41(34)42(35)40(33)38(31)25-29/h5-25,30H,26,43-44H2. The van der Waals surface area contributed by atoms with Crippen LogP contribution in [0.4, 0.5) is 11.4 Å². The quantitative estimate of drug-likeness (QED) is 0.110. The summed E-state index contributed by atoms with van der Waals surface area (Å²) in [5.41, 5.74) is 18.8. The van der Waals surface area contributed by atoms with Crippen molar-refractivity contribution in [2.45, 2.75) is 6.42 Å². The average Bonchev–Trinajstić information content (AvgIpc) is 3.06. The summed E-state index contributed by atoms with van der Waals surface area (Å²) in [4.78, 5) is 0. The summed E-state index contributed by atoms with van der Waals surface area (Å²) < 4.78 is 0. The Kier molecular flexibility index (Phi) is 6.08. The molecule has 0 bridgehead atoms. The smallest absolute Gasteiger partial charge is 0.0430 e. The van der Waals surface area contributed by atoms with E-state index in [1.54, 1.807) is 0 Å². The monoisotopic (exact) mass is 560 g/mol. The van der Waals surface area contributed by atoms with Gasteiger partial charge in [-0.15, -0.1) is 0 Å². The first-order valence-corrected chi connectivity index (χ1v) is 14.9. The molecule has 0 heterocycles. The van der Waals surface area contributed by atoms with Crippen molar-refractivity contribution >= 4 is 60.5 Å². The number of fused-ring (bicyclic) bond motifs is 9. The second kappa shape index (κ2) is 10.4. The molecule has 0 aromatic heterocycles. The molecular weight excluding hydrogens is 532 g/mol. The maximum Gasteiger partial charge on any atom is 0.0430 e. The summed E-state index contributed by atoms with van der Waals surface area (Å²) in [7, 11) is 0. The zero-order valence-electron chi connectivity index (χ0n) is 24.1. The highest BCUT2D eigenvalue weighted by Gasteiger charge is 2.18. The molecule has 1 unspecified atom stereocenters. The van der Waals surface area contributed by atoms with E-state index in [-0.39, 0.29) is 5.92 Å². The largest absolute Gasteiger partial charge is 0.399 e. The number of hydrogen-bond acceptors (Lipinski definition) is 2. The van der Waals surface area contributed by atoms with E-state index in [1.807, 2.05) is 48.5 Å². The van der Waals surface area contributed by atoms with Crippen LogP contribution >= 0.6 is 0 Å². The van der Waals surface area contributed by atoms with Crippen molar-refractivity contribution in [3.8, 4) is 23.7 Å². The van der Waals surface area contributed by atoms with Crippen LogP contribution in [0.2, 0.25) is 0 Å². The Morgan fingerprint density at radius 2 is 1.02 bits per heavy atom. The van der Waals surface area contributed by atoms with Crippen LogP contribution in [-0.4, -0.2) is 0 Å². The molecule has 0 saturated heterocycles. The maximum atomic E-state index is 5.87. The van der Waals surface area contributed by atoms with E-state index in [0.717, 1.165) is 34.5 Å². The molecule has 206 valence electrons. The van der Waals surface area contributed by atoms with Gasteiger partial charge in [0.25, 0.3) is 0 Å². The van der Waals surface area contributed by atoms with Gasteiger partial charge in [0, 0.05) is 34.0 Å². The first-order chi connectivity index (χ1) is 21.6. The molecule has 8 rings (SSSR count). The highest BCUT2D eigenvalue weighted by molar-refractivity contribution is 6.28. The molecule has 0 aliphatic heterocycles. The zero-order valence-corrected chi connectivity index (χ0v) is 24.1.